The van der Waals surface area contributed by atoms with Gasteiger partial charge < -0.3 is 20.7 Å². The standard InChI is InChI=1S/C16H24N4O2.2ClH/c17-13-4-1-3-12(11-13)16(21)19-14-5-2-6-18-15(14)20-7-9-22-10-8-20;;/h2,5-6,12-13H,1,3-4,7-11,17H2,(H,19,21);2*1H. The van der Waals surface area contributed by atoms with Crippen molar-refractivity contribution in [1.29, 1.82) is 0 Å². The van der Waals surface area contributed by atoms with Gasteiger partial charge in [-0.25, -0.2) is 4.98 Å². The molecule has 136 valence electrons. The SMILES string of the molecule is Cl.Cl.NC1CCCC(C(=O)Nc2cccnc2N2CCOCC2)C1. The first-order chi connectivity index (χ1) is 10.7. The lowest BCUT2D eigenvalue weighted by Gasteiger charge is -2.30. The summed E-state index contributed by atoms with van der Waals surface area (Å²) in [4.78, 5) is 19.1. The molecular weight excluding hydrogens is 351 g/mol. The number of morpholine rings is 1. The number of amides is 1. The average Bonchev–Trinajstić information content (AvgIpc) is 2.56. The summed E-state index contributed by atoms with van der Waals surface area (Å²) >= 11 is 0. The lowest BCUT2D eigenvalue weighted by molar-refractivity contribution is -0.120. The lowest BCUT2D eigenvalue weighted by atomic mass is 9.85. The fourth-order valence-electron chi connectivity index (χ4n) is 3.22. The highest BCUT2D eigenvalue weighted by Crippen LogP contribution is 2.27. The normalized spacial score (nSPS) is 23.6. The molecule has 3 rings (SSSR count). The topological polar surface area (TPSA) is 80.5 Å². The van der Waals surface area contributed by atoms with Gasteiger partial charge in [-0.05, 0) is 31.4 Å². The van der Waals surface area contributed by atoms with E-state index in [1.54, 1.807) is 6.20 Å². The van der Waals surface area contributed by atoms with Crippen molar-refractivity contribution in [3.05, 3.63) is 18.3 Å². The predicted octanol–water partition coefficient (Wildman–Crippen LogP) is 2.22. The second-order valence-corrected chi connectivity index (χ2v) is 6.09. The van der Waals surface area contributed by atoms with E-state index in [-0.39, 0.29) is 42.7 Å². The van der Waals surface area contributed by atoms with Crippen molar-refractivity contribution in [2.45, 2.75) is 31.7 Å². The Hall–Kier alpha value is -1.08. The minimum Gasteiger partial charge on any atom is -0.378 e. The number of aromatic nitrogens is 1. The van der Waals surface area contributed by atoms with E-state index in [1.165, 1.54) is 0 Å². The molecule has 0 radical (unpaired) electrons. The molecule has 2 atom stereocenters. The Morgan fingerprint density at radius 1 is 1.29 bits per heavy atom. The maximum absolute atomic E-state index is 12.5. The number of rotatable bonds is 3. The molecule has 0 aromatic carbocycles. The third-order valence-electron chi connectivity index (χ3n) is 4.44. The highest BCUT2D eigenvalue weighted by atomic mass is 35.5. The van der Waals surface area contributed by atoms with Crippen LogP contribution in [-0.4, -0.2) is 43.2 Å². The average molecular weight is 377 g/mol. The number of carbonyl (C=O) groups is 1. The van der Waals surface area contributed by atoms with Crippen molar-refractivity contribution in [2.24, 2.45) is 11.7 Å². The van der Waals surface area contributed by atoms with Gasteiger partial charge in [0, 0.05) is 31.2 Å². The van der Waals surface area contributed by atoms with Crippen LogP contribution in [0.3, 0.4) is 0 Å². The lowest BCUT2D eigenvalue weighted by Crippen LogP contribution is -2.38. The van der Waals surface area contributed by atoms with Crippen LogP contribution in [-0.2, 0) is 9.53 Å². The van der Waals surface area contributed by atoms with Crippen molar-refractivity contribution < 1.29 is 9.53 Å². The largest absolute Gasteiger partial charge is 0.378 e. The molecule has 2 fully saturated rings. The minimum atomic E-state index is 0. The van der Waals surface area contributed by atoms with Crippen LogP contribution in [0.25, 0.3) is 0 Å². The number of hydrogen-bond donors (Lipinski definition) is 2. The summed E-state index contributed by atoms with van der Waals surface area (Å²) < 4.78 is 5.38. The molecule has 0 bridgehead atoms. The summed E-state index contributed by atoms with van der Waals surface area (Å²) in [5.41, 5.74) is 6.77. The number of nitrogens with one attached hydrogen (secondary N) is 1. The van der Waals surface area contributed by atoms with Gasteiger partial charge in [-0.2, -0.15) is 0 Å². The van der Waals surface area contributed by atoms with Crippen LogP contribution >= 0.6 is 24.8 Å². The zero-order valence-electron chi connectivity index (χ0n) is 13.6. The van der Waals surface area contributed by atoms with Gasteiger partial charge in [0.25, 0.3) is 0 Å². The van der Waals surface area contributed by atoms with Gasteiger partial charge in [-0.15, -0.1) is 24.8 Å². The highest BCUT2D eigenvalue weighted by Gasteiger charge is 2.26. The van der Waals surface area contributed by atoms with Crippen LogP contribution in [0.1, 0.15) is 25.7 Å². The van der Waals surface area contributed by atoms with E-state index in [1.807, 2.05) is 12.1 Å². The molecule has 6 nitrogen and oxygen atoms in total. The maximum atomic E-state index is 12.5. The number of ether oxygens (including phenoxy) is 1. The Bertz CT molecular complexity index is 527. The molecule has 1 saturated heterocycles. The van der Waals surface area contributed by atoms with Gasteiger partial charge in [-0.3, -0.25) is 4.79 Å². The molecule has 2 heterocycles. The molecule has 2 unspecified atom stereocenters. The zero-order valence-corrected chi connectivity index (χ0v) is 15.3. The first-order valence-electron chi connectivity index (χ1n) is 8.08. The highest BCUT2D eigenvalue weighted by molar-refractivity contribution is 5.95. The number of nitrogens with zero attached hydrogens (tertiary/aromatic N) is 2. The number of nitrogens with two attached hydrogens (primary N) is 1. The molecule has 0 spiro atoms. The van der Waals surface area contributed by atoms with Crippen molar-refractivity contribution >= 4 is 42.2 Å². The Morgan fingerprint density at radius 2 is 2.04 bits per heavy atom. The zero-order chi connectivity index (χ0) is 15.4. The monoisotopic (exact) mass is 376 g/mol. The number of pyridine rings is 1. The van der Waals surface area contributed by atoms with E-state index in [4.69, 9.17) is 10.5 Å². The van der Waals surface area contributed by atoms with Crippen molar-refractivity contribution in [3.63, 3.8) is 0 Å². The van der Waals surface area contributed by atoms with Crippen molar-refractivity contribution in [3.8, 4) is 0 Å². The number of hydrogen-bond acceptors (Lipinski definition) is 5. The van der Waals surface area contributed by atoms with Gasteiger partial charge in [0.2, 0.25) is 5.91 Å². The van der Waals surface area contributed by atoms with Gasteiger partial charge in [0.1, 0.15) is 0 Å². The molecule has 24 heavy (non-hydrogen) atoms. The van der Waals surface area contributed by atoms with Gasteiger partial charge in [0.05, 0.1) is 18.9 Å². The molecule has 8 heteroatoms. The van der Waals surface area contributed by atoms with Crippen LogP contribution in [0.15, 0.2) is 18.3 Å². The van der Waals surface area contributed by atoms with E-state index in [0.717, 1.165) is 50.3 Å². The summed E-state index contributed by atoms with van der Waals surface area (Å²) in [6.45, 7) is 2.99. The third-order valence-corrected chi connectivity index (χ3v) is 4.44. The molecule has 1 aliphatic heterocycles. The first kappa shape index (κ1) is 21.0. The van der Waals surface area contributed by atoms with E-state index in [2.05, 4.69) is 15.2 Å². The fourth-order valence-corrected chi connectivity index (χ4v) is 3.22. The van der Waals surface area contributed by atoms with Gasteiger partial charge >= 0.3 is 0 Å². The summed E-state index contributed by atoms with van der Waals surface area (Å²) in [6, 6.07) is 3.92. The van der Waals surface area contributed by atoms with Gasteiger partial charge in [-0.1, -0.05) is 6.42 Å². The maximum Gasteiger partial charge on any atom is 0.227 e. The van der Waals surface area contributed by atoms with E-state index >= 15 is 0 Å². The fraction of sp³-hybridized carbons (Fsp3) is 0.625. The van der Waals surface area contributed by atoms with Crippen molar-refractivity contribution in [1.82, 2.24) is 4.98 Å². The first-order valence-corrected chi connectivity index (χ1v) is 8.08. The van der Waals surface area contributed by atoms with E-state index in [0.29, 0.717) is 13.2 Å². The van der Waals surface area contributed by atoms with E-state index < -0.39 is 0 Å². The second-order valence-electron chi connectivity index (χ2n) is 6.09. The van der Waals surface area contributed by atoms with Crippen LogP contribution < -0.4 is 16.0 Å². The van der Waals surface area contributed by atoms with Crippen LogP contribution in [0, 0.1) is 5.92 Å². The number of anilines is 2. The number of halogens is 2. The van der Waals surface area contributed by atoms with Crippen LogP contribution in [0.2, 0.25) is 0 Å². The molecule has 2 aliphatic rings. The molecular formula is C16H26Cl2N4O2. The molecule has 3 N–H and O–H groups in total. The minimum absolute atomic E-state index is 0. The Labute approximate surface area is 155 Å². The Morgan fingerprint density at radius 3 is 2.75 bits per heavy atom. The molecule has 1 amide bonds. The Kier molecular flexibility index (Phi) is 8.76. The van der Waals surface area contributed by atoms with Gasteiger partial charge in [0.15, 0.2) is 5.82 Å². The Balaban J connectivity index is 0.00000144. The molecule has 1 aromatic rings. The molecule has 1 saturated carbocycles. The predicted molar refractivity (Wildman–Crippen MR) is 100 cm³/mol. The summed E-state index contributed by atoms with van der Waals surface area (Å²) in [5.74, 6) is 0.915. The van der Waals surface area contributed by atoms with Crippen LogP contribution in [0.4, 0.5) is 11.5 Å². The molecule has 1 aliphatic carbocycles. The summed E-state index contributed by atoms with van der Waals surface area (Å²) in [6.07, 6.45) is 5.51. The third kappa shape index (κ3) is 5.21. The van der Waals surface area contributed by atoms with E-state index in [9.17, 15) is 4.79 Å². The molecule has 1 aromatic heterocycles. The number of carbonyl (C=O) groups excluding carboxylic acids is 1. The summed E-state index contributed by atoms with van der Waals surface area (Å²) in [5, 5.41) is 3.06. The summed E-state index contributed by atoms with van der Waals surface area (Å²) in [7, 11) is 0. The smallest absolute Gasteiger partial charge is 0.227 e. The van der Waals surface area contributed by atoms with Crippen LogP contribution in [0.5, 0.6) is 0 Å². The quantitative estimate of drug-likeness (QED) is 0.844. The second kappa shape index (κ2) is 10.0. The van der Waals surface area contributed by atoms with Crippen molar-refractivity contribution in [2.75, 3.05) is 36.5 Å².